The van der Waals surface area contributed by atoms with Gasteiger partial charge in [-0.3, -0.25) is 9.78 Å². The largest absolute Gasteiger partial charge is 0.573 e. The molecule has 0 aliphatic carbocycles. The molecule has 1 fully saturated rings. The summed E-state index contributed by atoms with van der Waals surface area (Å²) in [6.07, 6.45) is -3.17. The maximum absolute atomic E-state index is 13.6. The highest BCUT2D eigenvalue weighted by Crippen LogP contribution is 2.50. The molecule has 1 amide bonds. The molecule has 2 aliphatic rings. The Balaban J connectivity index is 1.48. The summed E-state index contributed by atoms with van der Waals surface area (Å²) in [5.41, 5.74) is 1.86. The van der Waals surface area contributed by atoms with Gasteiger partial charge in [0.1, 0.15) is 17.0 Å². The van der Waals surface area contributed by atoms with E-state index < -0.39 is 17.6 Å². The molecule has 154 valence electrons. The topological polar surface area (TPSA) is 45.7 Å². The number of carbonyl (C=O) groups is 1. The summed E-state index contributed by atoms with van der Waals surface area (Å²) < 4.78 is 54.6. The Morgan fingerprint density at radius 1 is 1.10 bits per heavy atom. The SMILES string of the molecule is CN1C(=O)C2(CN(c3ccc(OC(F)(F)F)cc3)C2)c2c1cnc1cc(F)ccc21. The van der Waals surface area contributed by atoms with Crippen LogP contribution in [0, 0.1) is 5.82 Å². The molecule has 1 aromatic heterocycles. The highest BCUT2D eigenvalue weighted by Gasteiger charge is 2.58. The van der Waals surface area contributed by atoms with Crippen molar-refractivity contribution in [1.29, 1.82) is 0 Å². The van der Waals surface area contributed by atoms with E-state index in [0.29, 0.717) is 30.0 Å². The highest BCUT2D eigenvalue weighted by atomic mass is 19.4. The third-order valence-corrected chi connectivity index (χ3v) is 5.72. The summed E-state index contributed by atoms with van der Waals surface area (Å²) in [6.45, 7) is 0.721. The molecule has 5 rings (SSSR count). The van der Waals surface area contributed by atoms with Crippen LogP contribution in [0.1, 0.15) is 5.56 Å². The predicted molar refractivity (Wildman–Crippen MR) is 102 cm³/mol. The molecule has 0 radical (unpaired) electrons. The standard InChI is InChI=1S/C21H15F4N3O2/c1-27-17-9-26-16-8-12(22)2-7-15(16)18(17)20(19(27)29)10-28(11-20)13-3-5-14(6-4-13)30-21(23,24)25/h2-9H,10-11H2,1H3. The average Bonchev–Trinajstić information content (AvgIpc) is 2.88. The molecule has 3 heterocycles. The van der Waals surface area contributed by atoms with E-state index in [4.69, 9.17) is 0 Å². The molecule has 5 nitrogen and oxygen atoms in total. The lowest BCUT2D eigenvalue weighted by atomic mass is 9.73. The van der Waals surface area contributed by atoms with Crippen molar-refractivity contribution in [2.45, 2.75) is 11.8 Å². The van der Waals surface area contributed by atoms with Crippen LogP contribution >= 0.6 is 0 Å². The highest BCUT2D eigenvalue weighted by molar-refractivity contribution is 6.14. The van der Waals surface area contributed by atoms with Crippen molar-refractivity contribution < 1.29 is 27.1 Å². The van der Waals surface area contributed by atoms with E-state index in [2.05, 4.69) is 9.72 Å². The Bertz CT molecular complexity index is 1170. The lowest BCUT2D eigenvalue weighted by Gasteiger charge is -2.48. The maximum atomic E-state index is 13.6. The molecule has 30 heavy (non-hydrogen) atoms. The van der Waals surface area contributed by atoms with Crippen LogP contribution in [-0.2, 0) is 10.2 Å². The van der Waals surface area contributed by atoms with E-state index in [9.17, 15) is 22.4 Å². The zero-order valence-corrected chi connectivity index (χ0v) is 15.7. The third-order valence-electron chi connectivity index (χ3n) is 5.72. The molecule has 9 heteroatoms. The normalized spacial score (nSPS) is 17.4. The minimum Gasteiger partial charge on any atom is -0.406 e. The predicted octanol–water partition coefficient (Wildman–Crippen LogP) is 4.01. The lowest BCUT2D eigenvalue weighted by Crippen LogP contribution is -2.64. The number of hydrogen-bond acceptors (Lipinski definition) is 4. The van der Waals surface area contributed by atoms with Gasteiger partial charge in [-0.1, -0.05) is 0 Å². The van der Waals surface area contributed by atoms with Crippen molar-refractivity contribution in [2.24, 2.45) is 0 Å². The number of anilines is 2. The number of benzene rings is 2. The molecule has 2 aromatic carbocycles. The number of ether oxygens (including phenoxy) is 1. The number of amides is 1. The number of carbonyl (C=O) groups excluding carboxylic acids is 1. The van der Waals surface area contributed by atoms with E-state index in [0.717, 1.165) is 10.9 Å². The number of pyridine rings is 1. The maximum Gasteiger partial charge on any atom is 0.573 e. The van der Waals surface area contributed by atoms with E-state index >= 15 is 0 Å². The van der Waals surface area contributed by atoms with Gasteiger partial charge in [-0.25, -0.2) is 4.39 Å². The number of rotatable bonds is 2. The summed E-state index contributed by atoms with van der Waals surface area (Å²) in [6, 6.07) is 9.85. The molecular weight excluding hydrogens is 402 g/mol. The molecule has 0 unspecified atom stereocenters. The summed E-state index contributed by atoms with van der Waals surface area (Å²) in [7, 11) is 1.68. The molecule has 1 saturated heterocycles. The van der Waals surface area contributed by atoms with Gasteiger partial charge in [-0.15, -0.1) is 13.2 Å². The second-order valence-corrected chi connectivity index (χ2v) is 7.52. The van der Waals surface area contributed by atoms with Crippen LogP contribution in [0.2, 0.25) is 0 Å². The van der Waals surface area contributed by atoms with Gasteiger partial charge >= 0.3 is 6.36 Å². The minimum atomic E-state index is -4.75. The van der Waals surface area contributed by atoms with Crippen LogP contribution in [0.3, 0.4) is 0 Å². The van der Waals surface area contributed by atoms with E-state index in [1.54, 1.807) is 24.2 Å². The van der Waals surface area contributed by atoms with Crippen LogP contribution in [0.25, 0.3) is 10.9 Å². The van der Waals surface area contributed by atoms with Gasteiger partial charge in [0.05, 0.1) is 17.4 Å². The van der Waals surface area contributed by atoms with Crippen molar-refractivity contribution in [3.05, 3.63) is 60.0 Å². The van der Waals surface area contributed by atoms with Crippen LogP contribution in [0.15, 0.2) is 48.7 Å². The van der Waals surface area contributed by atoms with Crippen LogP contribution in [-0.4, -0.2) is 37.4 Å². The van der Waals surface area contributed by atoms with E-state index in [1.165, 1.54) is 36.4 Å². The number of hydrogen-bond donors (Lipinski definition) is 0. The number of alkyl halides is 3. The molecule has 0 saturated carbocycles. The molecule has 3 aromatic rings. The van der Waals surface area contributed by atoms with Crippen LogP contribution in [0.5, 0.6) is 5.75 Å². The van der Waals surface area contributed by atoms with Gasteiger partial charge in [0.15, 0.2) is 0 Å². The molecule has 0 atom stereocenters. The van der Waals surface area contributed by atoms with Gasteiger partial charge in [0.25, 0.3) is 0 Å². The first-order valence-corrected chi connectivity index (χ1v) is 9.16. The minimum absolute atomic E-state index is 0.0793. The van der Waals surface area contributed by atoms with Gasteiger partial charge in [0.2, 0.25) is 5.91 Å². The number of nitrogens with zero attached hydrogens (tertiary/aromatic N) is 3. The average molecular weight is 417 g/mol. The fourth-order valence-corrected chi connectivity index (χ4v) is 4.39. The molecular formula is C21H15F4N3O2. The fraction of sp³-hybridized carbons (Fsp3) is 0.238. The Labute approximate surface area is 168 Å². The molecule has 1 spiro atoms. The van der Waals surface area contributed by atoms with Crippen LogP contribution in [0.4, 0.5) is 28.9 Å². The van der Waals surface area contributed by atoms with Gasteiger partial charge < -0.3 is 14.5 Å². The van der Waals surface area contributed by atoms with Gasteiger partial charge in [-0.05, 0) is 36.4 Å². The Morgan fingerprint density at radius 3 is 2.47 bits per heavy atom. The second-order valence-electron chi connectivity index (χ2n) is 7.52. The van der Waals surface area contributed by atoms with E-state index in [1.807, 2.05) is 4.90 Å². The number of halogens is 4. The molecule has 2 aliphatic heterocycles. The van der Waals surface area contributed by atoms with Crippen LogP contribution < -0.4 is 14.5 Å². The Kier molecular flexibility index (Phi) is 3.77. The third kappa shape index (κ3) is 2.68. The number of likely N-dealkylation sites (N-methyl/N-ethyl adjacent to an activating group) is 1. The fourth-order valence-electron chi connectivity index (χ4n) is 4.39. The van der Waals surface area contributed by atoms with Crippen molar-refractivity contribution >= 4 is 28.2 Å². The number of fused-ring (bicyclic) bond motifs is 4. The van der Waals surface area contributed by atoms with Gasteiger partial charge in [-0.2, -0.15) is 0 Å². The zero-order chi connectivity index (χ0) is 21.3. The van der Waals surface area contributed by atoms with Gasteiger partial charge in [0, 0.05) is 42.8 Å². The van der Waals surface area contributed by atoms with E-state index in [-0.39, 0.29) is 11.7 Å². The summed E-state index contributed by atoms with van der Waals surface area (Å²) in [5, 5.41) is 0.722. The van der Waals surface area contributed by atoms with Crippen molar-refractivity contribution in [1.82, 2.24) is 4.98 Å². The monoisotopic (exact) mass is 417 g/mol. The molecule has 0 bridgehead atoms. The summed E-state index contributed by atoms with van der Waals surface area (Å²) >= 11 is 0. The second kappa shape index (κ2) is 6.07. The number of aromatic nitrogens is 1. The lowest BCUT2D eigenvalue weighted by molar-refractivity contribution is -0.274. The van der Waals surface area contributed by atoms with Crippen molar-refractivity contribution in [3.8, 4) is 5.75 Å². The quantitative estimate of drug-likeness (QED) is 0.592. The van der Waals surface area contributed by atoms with Crippen molar-refractivity contribution in [2.75, 3.05) is 29.9 Å². The first kappa shape index (κ1) is 18.7. The first-order chi connectivity index (χ1) is 14.2. The Hall–Kier alpha value is -3.36. The Morgan fingerprint density at radius 2 is 1.80 bits per heavy atom. The smallest absolute Gasteiger partial charge is 0.406 e. The molecule has 0 N–H and O–H groups in total. The summed E-state index contributed by atoms with van der Waals surface area (Å²) in [5.74, 6) is -0.787. The summed E-state index contributed by atoms with van der Waals surface area (Å²) in [4.78, 5) is 20.9. The first-order valence-electron chi connectivity index (χ1n) is 9.16. The van der Waals surface area contributed by atoms with Crippen molar-refractivity contribution in [3.63, 3.8) is 0 Å². The zero-order valence-electron chi connectivity index (χ0n) is 15.7.